The molecule has 0 saturated carbocycles. The van der Waals surface area contributed by atoms with E-state index in [1.165, 1.54) is 6.42 Å². The van der Waals surface area contributed by atoms with Gasteiger partial charge in [0.15, 0.2) is 5.82 Å². The molecule has 8 heteroatoms. The van der Waals surface area contributed by atoms with Crippen LogP contribution in [-0.2, 0) is 22.7 Å². The lowest BCUT2D eigenvalue weighted by Gasteiger charge is -2.27. The summed E-state index contributed by atoms with van der Waals surface area (Å²) in [6.45, 7) is 2.56. The number of ether oxygens (including phenoxy) is 1. The molecular formula is C20H28N6O2. The second-order valence-electron chi connectivity index (χ2n) is 7.05. The van der Waals surface area contributed by atoms with Crippen molar-refractivity contribution in [1.29, 1.82) is 0 Å². The van der Waals surface area contributed by atoms with Gasteiger partial charge in [-0.05, 0) is 24.8 Å². The average molecular weight is 384 g/mol. The molecule has 1 N–H and O–H groups in total. The zero-order valence-corrected chi connectivity index (χ0v) is 16.6. The third kappa shape index (κ3) is 5.88. The van der Waals surface area contributed by atoms with Crippen molar-refractivity contribution in [1.82, 2.24) is 20.3 Å². The van der Waals surface area contributed by atoms with Crippen LogP contribution in [0.1, 0.15) is 30.7 Å². The fourth-order valence-corrected chi connectivity index (χ4v) is 2.97. The highest BCUT2D eigenvalue weighted by Gasteiger charge is 2.17. The van der Waals surface area contributed by atoms with Crippen LogP contribution in [-0.4, -0.2) is 54.7 Å². The highest BCUT2D eigenvalue weighted by Crippen LogP contribution is 2.17. The Balaban J connectivity index is 1.55. The van der Waals surface area contributed by atoms with Gasteiger partial charge in [-0.15, -0.1) is 0 Å². The Morgan fingerprint density at radius 3 is 2.57 bits per heavy atom. The van der Waals surface area contributed by atoms with Crippen LogP contribution >= 0.6 is 0 Å². The van der Waals surface area contributed by atoms with Crippen LogP contribution in [0.5, 0.6) is 0 Å². The van der Waals surface area contributed by atoms with E-state index in [1.807, 2.05) is 49.3 Å². The third-order valence-electron chi connectivity index (χ3n) is 4.49. The fraction of sp³-hybridized carbons (Fsp3) is 0.500. The zero-order chi connectivity index (χ0) is 19.8. The van der Waals surface area contributed by atoms with Crippen molar-refractivity contribution in [3.63, 3.8) is 0 Å². The minimum atomic E-state index is -0.192. The first-order chi connectivity index (χ1) is 13.6. The molecule has 0 unspecified atom stereocenters. The molecule has 0 atom stereocenters. The number of carbonyl (C=O) groups excluding carboxylic acids is 1. The number of nitrogens with one attached hydrogen (secondary N) is 1. The highest BCUT2D eigenvalue weighted by atomic mass is 16.5. The Kier molecular flexibility index (Phi) is 7.13. The number of hydrogen-bond acceptors (Lipinski definition) is 7. The maximum Gasteiger partial charge on any atom is 0.246 e. The molecule has 1 aromatic carbocycles. The van der Waals surface area contributed by atoms with Crippen molar-refractivity contribution in [2.24, 2.45) is 0 Å². The molecule has 1 aliphatic heterocycles. The number of anilines is 2. The van der Waals surface area contributed by atoms with Crippen molar-refractivity contribution in [2.75, 3.05) is 43.6 Å². The molecule has 1 aromatic heterocycles. The predicted octanol–water partition coefficient (Wildman–Crippen LogP) is 1.76. The van der Waals surface area contributed by atoms with Crippen LogP contribution < -0.4 is 15.1 Å². The second kappa shape index (κ2) is 9.98. The summed E-state index contributed by atoms with van der Waals surface area (Å²) in [4.78, 5) is 29.7. The van der Waals surface area contributed by atoms with E-state index in [1.54, 1.807) is 0 Å². The second-order valence-corrected chi connectivity index (χ2v) is 7.05. The molecule has 3 rings (SSSR count). The third-order valence-corrected chi connectivity index (χ3v) is 4.49. The molecule has 150 valence electrons. The summed E-state index contributed by atoms with van der Waals surface area (Å²) in [5, 5.41) is 2.83. The van der Waals surface area contributed by atoms with Crippen LogP contribution in [0, 0.1) is 0 Å². The van der Waals surface area contributed by atoms with Gasteiger partial charge in [0.05, 0.1) is 13.2 Å². The quantitative estimate of drug-likeness (QED) is 0.742. The largest absolute Gasteiger partial charge is 0.367 e. The molecule has 2 heterocycles. The van der Waals surface area contributed by atoms with Crippen molar-refractivity contribution >= 4 is 17.8 Å². The summed E-state index contributed by atoms with van der Waals surface area (Å²) >= 11 is 0. The Bertz CT molecular complexity index is 763. The first-order valence-corrected chi connectivity index (χ1v) is 9.67. The Morgan fingerprint density at radius 1 is 1.11 bits per heavy atom. The topological polar surface area (TPSA) is 83.5 Å². The Hall–Kier alpha value is -2.74. The van der Waals surface area contributed by atoms with Gasteiger partial charge in [0.2, 0.25) is 17.8 Å². The summed E-state index contributed by atoms with van der Waals surface area (Å²) in [5.41, 5.74) is 1.04. The van der Waals surface area contributed by atoms with Gasteiger partial charge in [0.1, 0.15) is 6.61 Å². The molecule has 2 aromatic rings. The average Bonchev–Trinajstić information content (AvgIpc) is 2.73. The first-order valence-electron chi connectivity index (χ1n) is 9.67. The van der Waals surface area contributed by atoms with E-state index in [0.717, 1.165) is 31.5 Å². The lowest BCUT2D eigenvalue weighted by molar-refractivity contribution is -0.126. The molecule has 0 radical (unpaired) electrons. The Morgan fingerprint density at radius 2 is 1.86 bits per heavy atom. The number of piperidine rings is 1. The van der Waals surface area contributed by atoms with Crippen LogP contribution in [0.15, 0.2) is 30.3 Å². The lowest BCUT2D eigenvalue weighted by Crippen LogP contribution is -2.33. The van der Waals surface area contributed by atoms with Gasteiger partial charge in [-0.2, -0.15) is 15.0 Å². The van der Waals surface area contributed by atoms with E-state index in [0.29, 0.717) is 24.3 Å². The van der Waals surface area contributed by atoms with Gasteiger partial charge >= 0.3 is 0 Å². The van der Waals surface area contributed by atoms with Gasteiger partial charge in [0, 0.05) is 27.2 Å². The Labute approximate surface area is 166 Å². The lowest BCUT2D eigenvalue weighted by atomic mass is 10.1. The van der Waals surface area contributed by atoms with Crippen LogP contribution in [0.3, 0.4) is 0 Å². The number of benzene rings is 1. The van der Waals surface area contributed by atoms with Crippen LogP contribution in [0.4, 0.5) is 11.9 Å². The molecule has 1 saturated heterocycles. The summed E-state index contributed by atoms with van der Waals surface area (Å²) in [5.74, 6) is 1.64. The highest BCUT2D eigenvalue weighted by molar-refractivity contribution is 5.77. The van der Waals surface area contributed by atoms with E-state index in [4.69, 9.17) is 4.74 Å². The van der Waals surface area contributed by atoms with Crippen LogP contribution in [0.25, 0.3) is 0 Å². The van der Waals surface area contributed by atoms with Gasteiger partial charge < -0.3 is 19.9 Å². The number of amides is 1. The zero-order valence-electron chi connectivity index (χ0n) is 16.6. The molecule has 1 aliphatic rings. The molecule has 0 spiro atoms. The molecule has 0 bridgehead atoms. The van der Waals surface area contributed by atoms with Crippen molar-refractivity contribution in [3.8, 4) is 0 Å². The monoisotopic (exact) mass is 384 g/mol. The minimum Gasteiger partial charge on any atom is -0.367 e. The molecule has 8 nitrogen and oxygen atoms in total. The number of hydrogen-bond donors (Lipinski definition) is 1. The van der Waals surface area contributed by atoms with Gasteiger partial charge in [0.25, 0.3) is 0 Å². The van der Waals surface area contributed by atoms with Crippen molar-refractivity contribution in [2.45, 2.75) is 32.4 Å². The molecule has 1 amide bonds. The SMILES string of the molecule is CN(C)c1nc(CNC(=O)COCc2ccccc2)nc(N2CCCCC2)n1. The number of nitrogens with zero attached hydrogens (tertiary/aromatic N) is 5. The summed E-state index contributed by atoms with van der Waals surface area (Å²) in [7, 11) is 3.80. The van der Waals surface area contributed by atoms with E-state index >= 15 is 0 Å². The minimum absolute atomic E-state index is 0.000498. The summed E-state index contributed by atoms with van der Waals surface area (Å²) in [6, 6.07) is 9.77. The predicted molar refractivity (Wildman–Crippen MR) is 108 cm³/mol. The number of rotatable bonds is 8. The van der Waals surface area contributed by atoms with E-state index in [2.05, 4.69) is 25.2 Å². The van der Waals surface area contributed by atoms with E-state index < -0.39 is 0 Å². The van der Waals surface area contributed by atoms with Crippen molar-refractivity contribution < 1.29 is 9.53 Å². The normalized spacial score (nSPS) is 14.0. The summed E-state index contributed by atoms with van der Waals surface area (Å²) in [6.07, 6.45) is 3.54. The van der Waals surface area contributed by atoms with E-state index in [-0.39, 0.29) is 19.1 Å². The first kappa shape index (κ1) is 20.0. The molecule has 28 heavy (non-hydrogen) atoms. The van der Waals surface area contributed by atoms with Gasteiger partial charge in [-0.25, -0.2) is 0 Å². The van der Waals surface area contributed by atoms with Gasteiger partial charge in [-0.3, -0.25) is 4.79 Å². The fourth-order valence-electron chi connectivity index (χ4n) is 2.97. The molecular weight excluding hydrogens is 356 g/mol. The smallest absolute Gasteiger partial charge is 0.246 e. The molecule has 1 fully saturated rings. The number of carbonyl (C=O) groups is 1. The standard InChI is InChI=1S/C20H28N6O2/c1-25(2)19-22-17(23-20(24-19)26-11-7-4-8-12-26)13-21-18(27)15-28-14-16-9-5-3-6-10-16/h3,5-6,9-10H,4,7-8,11-15H2,1-2H3,(H,21,27). The maximum atomic E-state index is 12.1. The van der Waals surface area contributed by atoms with Crippen molar-refractivity contribution in [3.05, 3.63) is 41.7 Å². The molecule has 0 aliphatic carbocycles. The summed E-state index contributed by atoms with van der Waals surface area (Å²) < 4.78 is 5.47. The van der Waals surface area contributed by atoms with E-state index in [9.17, 15) is 4.79 Å². The van der Waals surface area contributed by atoms with Crippen LogP contribution in [0.2, 0.25) is 0 Å². The number of aromatic nitrogens is 3. The van der Waals surface area contributed by atoms with Gasteiger partial charge in [-0.1, -0.05) is 30.3 Å². The maximum absolute atomic E-state index is 12.1.